The van der Waals surface area contributed by atoms with Crippen LogP contribution in [0.25, 0.3) is 0 Å². The lowest BCUT2D eigenvalue weighted by Gasteiger charge is -2.28. The van der Waals surface area contributed by atoms with Gasteiger partial charge in [-0.15, -0.1) is 0 Å². The van der Waals surface area contributed by atoms with Crippen molar-refractivity contribution in [1.82, 2.24) is 5.32 Å². The van der Waals surface area contributed by atoms with E-state index in [1.807, 2.05) is 6.92 Å². The number of benzene rings is 1. The van der Waals surface area contributed by atoms with Crippen molar-refractivity contribution in [2.45, 2.75) is 43.5 Å². The normalized spacial score (nSPS) is 22.3. The van der Waals surface area contributed by atoms with E-state index in [9.17, 15) is 14.9 Å². The van der Waals surface area contributed by atoms with Gasteiger partial charge in [0.2, 0.25) is 0 Å². The van der Waals surface area contributed by atoms with Crippen molar-refractivity contribution in [1.29, 1.82) is 0 Å². The van der Waals surface area contributed by atoms with Crippen molar-refractivity contribution in [3.05, 3.63) is 39.4 Å². The topological polar surface area (TPSA) is 72.2 Å². The van der Waals surface area contributed by atoms with E-state index in [1.165, 1.54) is 6.07 Å². The van der Waals surface area contributed by atoms with Gasteiger partial charge in [0.05, 0.1) is 4.92 Å². The van der Waals surface area contributed by atoms with Gasteiger partial charge in [0, 0.05) is 16.9 Å². The van der Waals surface area contributed by atoms with E-state index >= 15 is 0 Å². The number of halogens is 1. The maximum absolute atomic E-state index is 12.3. The van der Waals surface area contributed by atoms with Gasteiger partial charge in [0.15, 0.2) is 0 Å². The van der Waals surface area contributed by atoms with Crippen LogP contribution in [0.4, 0.5) is 5.69 Å². The zero-order valence-corrected chi connectivity index (χ0v) is 12.9. The monoisotopic (exact) mass is 340 g/mol. The molecule has 0 radical (unpaired) electrons. The quantitative estimate of drug-likeness (QED) is 0.521. The smallest absolute Gasteiger partial charge is 0.282 e. The number of alkyl halides is 1. The highest BCUT2D eigenvalue weighted by Crippen LogP contribution is 2.26. The maximum atomic E-state index is 12.3. The number of nitro groups is 1. The Bertz CT molecular complexity index is 533. The molecule has 0 aromatic heterocycles. The zero-order chi connectivity index (χ0) is 14.7. The van der Waals surface area contributed by atoms with Crippen molar-refractivity contribution in [3.8, 4) is 0 Å². The first kappa shape index (κ1) is 15.0. The third kappa shape index (κ3) is 3.36. The Kier molecular flexibility index (Phi) is 4.75. The number of amides is 1. The molecule has 1 amide bonds. The minimum absolute atomic E-state index is 0.0383. The fourth-order valence-electron chi connectivity index (χ4n) is 2.49. The lowest BCUT2D eigenvalue weighted by molar-refractivity contribution is -0.385. The molecule has 1 N–H and O–H groups in total. The fraction of sp³-hybridized carbons (Fsp3) is 0.500. The first-order valence-corrected chi connectivity index (χ1v) is 7.60. The number of carbonyl (C=O) groups excluding carboxylic acids is 1. The van der Waals surface area contributed by atoms with E-state index in [-0.39, 0.29) is 28.0 Å². The summed E-state index contributed by atoms with van der Waals surface area (Å²) in [5.41, 5.74) is 0.829. The average molecular weight is 341 g/mol. The summed E-state index contributed by atoms with van der Waals surface area (Å²) < 4.78 is 0. The summed E-state index contributed by atoms with van der Waals surface area (Å²) in [7, 11) is 0. The average Bonchev–Trinajstić information content (AvgIpc) is 2.40. The SMILES string of the molecule is Cc1ccc([N+](=O)[O-])c(C(=O)NC2CCCCC2Br)c1. The van der Waals surface area contributed by atoms with Gasteiger partial charge in [0.25, 0.3) is 11.6 Å². The van der Waals surface area contributed by atoms with E-state index in [0.29, 0.717) is 0 Å². The number of carbonyl (C=O) groups is 1. The molecule has 1 saturated carbocycles. The van der Waals surface area contributed by atoms with Crippen molar-refractivity contribution in [2.24, 2.45) is 0 Å². The van der Waals surface area contributed by atoms with Crippen LogP contribution in [0.2, 0.25) is 0 Å². The molecule has 20 heavy (non-hydrogen) atoms. The number of rotatable bonds is 3. The van der Waals surface area contributed by atoms with Gasteiger partial charge in [0.1, 0.15) is 5.56 Å². The summed E-state index contributed by atoms with van der Waals surface area (Å²) in [6.45, 7) is 1.81. The predicted molar refractivity (Wildman–Crippen MR) is 80.3 cm³/mol. The molecule has 2 atom stereocenters. The molecule has 2 rings (SSSR count). The van der Waals surface area contributed by atoms with E-state index in [2.05, 4.69) is 21.2 Å². The van der Waals surface area contributed by atoms with Gasteiger partial charge in [-0.2, -0.15) is 0 Å². The molecule has 1 aromatic carbocycles. The van der Waals surface area contributed by atoms with Gasteiger partial charge < -0.3 is 5.32 Å². The molecule has 0 bridgehead atoms. The molecule has 1 fully saturated rings. The Balaban J connectivity index is 2.20. The number of aryl methyl sites for hydroxylation is 1. The molecular formula is C14H17BrN2O3. The predicted octanol–water partition coefficient (Wildman–Crippen LogP) is 3.34. The Labute approximate surface area is 126 Å². The first-order valence-electron chi connectivity index (χ1n) is 6.69. The standard InChI is InChI=1S/C14H17BrN2O3/c1-9-6-7-13(17(19)20)10(8-9)14(18)16-12-5-3-2-4-11(12)15/h6-8,11-12H,2-5H2,1H3,(H,16,18). The molecule has 0 aliphatic heterocycles. The minimum Gasteiger partial charge on any atom is -0.348 e. The van der Waals surface area contributed by atoms with Crippen LogP contribution in [0, 0.1) is 17.0 Å². The van der Waals surface area contributed by atoms with Gasteiger partial charge in [-0.25, -0.2) is 0 Å². The van der Waals surface area contributed by atoms with E-state index in [4.69, 9.17) is 0 Å². The van der Waals surface area contributed by atoms with Crippen LogP contribution in [0.15, 0.2) is 18.2 Å². The summed E-state index contributed by atoms with van der Waals surface area (Å²) >= 11 is 3.57. The van der Waals surface area contributed by atoms with Crippen molar-refractivity contribution >= 4 is 27.5 Å². The number of nitro benzene ring substituents is 1. The zero-order valence-electron chi connectivity index (χ0n) is 11.3. The van der Waals surface area contributed by atoms with E-state index < -0.39 is 4.92 Å². The number of hydrogen-bond donors (Lipinski definition) is 1. The molecule has 6 heteroatoms. The largest absolute Gasteiger partial charge is 0.348 e. The second kappa shape index (κ2) is 6.35. The van der Waals surface area contributed by atoms with Crippen molar-refractivity contribution in [2.75, 3.05) is 0 Å². The van der Waals surface area contributed by atoms with Crippen LogP contribution < -0.4 is 5.32 Å². The minimum atomic E-state index is -0.513. The fourth-order valence-corrected chi connectivity index (χ4v) is 3.21. The van der Waals surface area contributed by atoms with Crippen LogP contribution in [-0.4, -0.2) is 21.7 Å². The molecule has 1 aromatic rings. The number of nitrogens with one attached hydrogen (secondary N) is 1. The summed E-state index contributed by atoms with van der Waals surface area (Å²) in [6.07, 6.45) is 4.14. The van der Waals surface area contributed by atoms with Crippen molar-refractivity contribution in [3.63, 3.8) is 0 Å². The van der Waals surface area contributed by atoms with Crippen molar-refractivity contribution < 1.29 is 9.72 Å². The summed E-state index contributed by atoms with van der Waals surface area (Å²) in [4.78, 5) is 23.0. The van der Waals surface area contributed by atoms with Gasteiger partial charge in [-0.3, -0.25) is 14.9 Å². The molecule has 108 valence electrons. The second-order valence-corrected chi connectivity index (χ2v) is 6.33. The van der Waals surface area contributed by atoms with Crippen LogP contribution >= 0.6 is 15.9 Å². The Morgan fingerprint density at radius 3 is 2.75 bits per heavy atom. The Morgan fingerprint density at radius 1 is 1.40 bits per heavy atom. The molecule has 1 aliphatic rings. The summed E-state index contributed by atoms with van der Waals surface area (Å²) in [6, 6.07) is 4.63. The second-order valence-electron chi connectivity index (χ2n) is 5.16. The highest BCUT2D eigenvalue weighted by Gasteiger charge is 2.27. The molecular weight excluding hydrogens is 324 g/mol. The highest BCUT2D eigenvalue weighted by molar-refractivity contribution is 9.09. The molecule has 0 saturated heterocycles. The highest BCUT2D eigenvalue weighted by atomic mass is 79.9. The molecule has 1 aliphatic carbocycles. The van der Waals surface area contributed by atoms with Gasteiger partial charge in [-0.05, 0) is 31.4 Å². The lowest BCUT2D eigenvalue weighted by Crippen LogP contribution is -2.42. The molecule has 5 nitrogen and oxygen atoms in total. The van der Waals surface area contributed by atoms with Gasteiger partial charge >= 0.3 is 0 Å². The summed E-state index contributed by atoms with van der Waals surface area (Å²) in [5, 5.41) is 13.9. The number of nitrogens with zero attached hydrogens (tertiary/aromatic N) is 1. The molecule has 0 heterocycles. The third-order valence-electron chi connectivity index (χ3n) is 3.59. The van der Waals surface area contributed by atoms with Crippen LogP contribution in [0.1, 0.15) is 41.6 Å². The van der Waals surface area contributed by atoms with E-state index in [1.54, 1.807) is 12.1 Å². The lowest BCUT2D eigenvalue weighted by atomic mass is 9.95. The Hall–Kier alpha value is -1.43. The molecule has 2 unspecified atom stereocenters. The summed E-state index contributed by atoms with van der Waals surface area (Å²) in [5.74, 6) is -0.364. The van der Waals surface area contributed by atoms with Crippen LogP contribution in [0.5, 0.6) is 0 Å². The van der Waals surface area contributed by atoms with Gasteiger partial charge in [-0.1, -0.05) is 34.8 Å². The third-order valence-corrected chi connectivity index (χ3v) is 4.69. The number of hydrogen-bond acceptors (Lipinski definition) is 3. The van der Waals surface area contributed by atoms with E-state index in [0.717, 1.165) is 31.2 Å². The molecule has 0 spiro atoms. The first-order chi connectivity index (χ1) is 9.49. The van der Waals surface area contributed by atoms with Crippen LogP contribution in [0.3, 0.4) is 0 Å². The van der Waals surface area contributed by atoms with Crippen LogP contribution in [-0.2, 0) is 0 Å². The maximum Gasteiger partial charge on any atom is 0.282 e. The Morgan fingerprint density at radius 2 is 2.10 bits per heavy atom.